The lowest BCUT2D eigenvalue weighted by Crippen LogP contribution is -2.28. The lowest BCUT2D eigenvalue weighted by atomic mass is 10.3. The van der Waals surface area contributed by atoms with Crippen molar-refractivity contribution < 1.29 is 30.2 Å². The highest BCUT2D eigenvalue weighted by molar-refractivity contribution is 7.88. The summed E-state index contributed by atoms with van der Waals surface area (Å²) in [5.74, 6) is -1.42. The predicted molar refractivity (Wildman–Crippen MR) is 64.7 cm³/mol. The minimum absolute atomic E-state index is 0.107. The first-order valence-corrected chi connectivity index (χ1v) is 7.16. The summed E-state index contributed by atoms with van der Waals surface area (Å²) in [6.07, 6.45) is 0. The largest absolute Gasteiger partial charge is 0.534 e. The number of aromatic nitrogens is 1. The lowest BCUT2D eigenvalue weighted by Gasteiger charge is -2.09. The second-order valence-electron chi connectivity index (χ2n) is 3.48. The number of halogens is 4. The number of thiazole rings is 1. The number of nitrogens with zero attached hydrogens (tertiary/aromatic N) is 1. The molecule has 11 heteroatoms. The molecule has 5 nitrogen and oxygen atoms in total. The maximum atomic E-state index is 13.5. The highest BCUT2D eigenvalue weighted by Crippen LogP contribution is 2.36. The summed E-state index contributed by atoms with van der Waals surface area (Å²) in [6, 6.07) is 1.58. The third-order valence-electron chi connectivity index (χ3n) is 2.16. The molecule has 0 saturated heterocycles. The van der Waals surface area contributed by atoms with E-state index in [1.165, 1.54) is 7.05 Å². The van der Waals surface area contributed by atoms with Crippen molar-refractivity contribution in [3.63, 3.8) is 0 Å². The van der Waals surface area contributed by atoms with Crippen molar-refractivity contribution in [2.75, 3.05) is 12.4 Å². The van der Waals surface area contributed by atoms with Crippen LogP contribution in [0.1, 0.15) is 0 Å². The number of alkyl halides is 3. The number of hydrogen-bond donors (Lipinski definition) is 1. The normalized spacial score (nSPS) is 12.7. The standard InChI is InChI=1S/C9H6F4N2O3S2/c1-14-8-15-6-5(3-2-4(10)7(6)19-8)18-20(16,17)9(11,12)13/h2-3H,1H3,(H,14,15). The van der Waals surface area contributed by atoms with Gasteiger partial charge in [-0.25, -0.2) is 9.37 Å². The van der Waals surface area contributed by atoms with Crippen LogP contribution in [0.2, 0.25) is 0 Å². The number of nitrogens with one attached hydrogen (secondary N) is 1. The Kier molecular flexibility index (Phi) is 3.50. The van der Waals surface area contributed by atoms with Gasteiger partial charge in [-0.2, -0.15) is 21.6 Å². The SMILES string of the molecule is CNc1nc2c(OS(=O)(=O)C(F)(F)F)ccc(F)c2s1. The minimum atomic E-state index is -5.83. The molecule has 1 heterocycles. The van der Waals surface area contributed by atoms with Gasteiger partial charge in [-0.1, -0.05) is 11.3 Å². The molecule has 110 valence electrons. The summed E-state index contributed by atoms with van der Waals surface area (Å²) in [7, 11) is -4.36. The highest BCUT2D eigenvalue weighted by Gasteiger charge is 2.48. The maximum Gasteiger partial charge on any atom is 0.534 e. The van der Waals surface area contributed by atoms with Crippen molar-refractivity contribution >= 4 is 36.8 Å². The summed E-state index contributed by atoms with van der Waals surface area (Å²) < 4.78 is 76.0. The van der Waals surface area contributed by atoms with E-state index in [-0.39, 0.29) is 15.3 Å². The van der Waals surface area contributed by atoms with Crippen LogP contribution in [0.15, 0.2) is 12.1 Å². The van der Waals surface area contributed by atoms with Crippen LogP contribution in [-0.2, 0) is 10.1 Å². The van der Waals surface area contributed by atoms with Crippen LogP contribution in [0, 0.1) is 5.82 Å². The van der Waals surface area contributed by atoms with E-state index in [0.717, 1.165) is 23.5 Å². The molecule has 0 fully saturated rings. The maximum absolute atomic E-state index is 13.5. The molecule has 0 atom stereocenters. The van der Waals surface area contributed by atoms with Crippen LogP contribution in [0.4, 0.5) is 22.7 Å². The quantitative estimate of drug-likeness (QED) is 0.532. The van der Waals surface area contributed by atoms with Gasteiger partial charge >= 0.3 is 15.6 Å². The molecule has 0 bridgehead atoms. The Morgan fingerprint density at radius 1 is 1.35 bits per heavy atom. The molecule has 0 amide bonds. The molecule has 1 aromatic heterocycles. The molecule has 1 aromatic carbocycles. The molecule has 0 unspecified atom stereocenters. The van der Waals surface area contributed by atoms with Gasteiger partial charge in [0.2, 0.25) is 0 Å². The Morgan fingerprint density at radius 2 is 2.00 bits per heavy atom. The van der Waals surface area contributed by atoms with Crippen molar-refractivity contribution in [1.82, 2.24) is 4.98 Å². The smallest absolute Gasteiger partial charge is 0.374 e. The fraction of sp³-hybridized carbons (Fsp3) is 0.222. The van der Waals surface area contributed by atoms with Crippen molar-refractivity contribution in [3.05, 3.63) is 17.9 Å². The van der Waals surface area contributed by atoms with Gasteiger partial charge in [-0.3, -0.25) is 0 Å². The third kappa shape index (κ3) is 2.50. The lowest BCUT2D eigenvalue weighted by molar-refractivity contribution is -0.0499. The van der Waals surface area contributed by atoms with E-state index in [2.05, 4.69) is 14.5 Å². The molecule has 0 saturated carbocycles. The zero-order valence-corrected chi connectivity index (χ0v) is 11.3. The van der Waals surface area contributed by atoms with E-state index in [1.807, 2.05) is 0 Å². The number of hydrogen-bond acceptors (Lipinski definition) is 6. The number of anilines is 1. The van der Waals surface area contributed by atoms with Gasteiger partial charge in [-0.05, 0) is 12.1 Å². The first kappa shape index (κ1) is 14.8. The monoisotopic (exact) mass is 330 g/mol. The van der Waals surface area contributed by atoms with Gasteiger partial charge in [0.05, 0.1) is 4.70 Å². The van der Waals surface area contributed by atoms with Crippen LogP contribution in [-0.4, -0.2) is 26.0 Å². The Bertz CT molecular complexity index is 754. The molecule has 20 heavy (non-hydrogen) atoms. The number of rotatable bonds is 3. The number of benzene rings is 1. The zero-order chi connectivity index (χ0) is 15.1. The van der Waals surface area contributed by atoms with E-state index < -0.39 is 27.2 Å². The van der Waals surface area contributed by atoms with Crippen molar-refractivity contribution in [2.24, 2.45) is 0 Å². The predicted octanol–water partition coefficient (Wildman–Crippen LogP) is 2.71. The van der Waals surface area contributed by atoms with E-state index >= 15 is 0 Å². The minimum Gasteiger partial charge on any atom is -0.374 e. The molecule has 0 aliphatic carbocycles. The molecule has 0 spiro atoms. The van der Waals surface area contributed by atoms with Crippen LogP contribution in [0.3, 0.4) is 0 Å². The molecule has 0 aliphatic rings. The first-order valence-electron chi connectivity index (χ1n) is 4.93. The Labute approximate surface area is 114 Å². The summed E-state index contributed by atoms with van der Waals surface area (Å²) in [6.45, 7) is 0. The Balaban J connectivity index is 2.56. The molecule has 0 radical (unpaired) electrons. The summed E-state index contributed by atoms with van der Waals surface area (Å²) in [5, 5.41) is 2.79. The van der Waals surface area contributed by atoms with Crippen LogP contribution in [0.25, 0.3) is 10.2 Å². The second-order valence-corrected chi connectivity index (χ2v) is 6.01. The van der Waals surface area contributed by atoms with Gasteiger partial charge in [-0.15, -0.1) is 0 Å². The van der Waals surface area contributed by atoms with E-state index in [4.69, 9.17) is 0 Å². The van der Waals surface area contributed by atoms with Gasteiger partial charge in [0.1, 0.15) is 11.3 Å². The van der Waals surface area contributed by atoms with Crippen molar-refractivity contribution in [3.8, 4) is 5.75 Å². The summed E-state index contributed by atoms with van der Waals surface area (Å²) in [4.78, 5) is 3.77. The van der Waals surface area contributed by atoms with Crippen LogP contribution < -0.4 is 9.50 Å². The fourth-order valence-corrected chi connectivity index (χ4v) is 2.60. The first-order chi connectivity index (χ1) is 9.15. The molecular weight excluding hydrogens is 324 g/mol. The van der Waals surface area contributed by atoms with Gasteiger partial charge in [0, 0.05) is 7.05 Å². The van der Waals surface area contributed by atoms with Gasteiger partial charge in [0.15, 0.2) is 10.9 Å². The highest BCUT2D eigenvalue weighted by atomic mass is 32.2. The van der Waals surface area contributed by atoms with E-state index in [9.17, 15) is 26.0 Å². The zero-order valence-electron chi connectivity index (χ0n) is 9.66. The second kappa shape index (κ2) is 4.74. The Hall–Kier alpha value is -1.62. The average Bonchev–Trinajstić information content (AvgIpc) is 2.76. The molecular formula is C9H6F4N2O3S2. The topological polar surface area (TPSA) is 68.3 Å². The average molecular weight is 330 g/mol. The van der Waals surface area contributed by atoms with E-state index in [0.29, 0.717) is 0 Å². The fourth-order valence-electron chi connectivity index (χ4n) is 1.29. The van der Waals surface area contributed by atoms with Crippen molar-refractivity contribution in [1.29, 1.82) is 0 Å². The van der Waals surface area contributed by atoms with E-state index in [1.54, 1.807) is 0 Å². The molecule has 1 N–H and O–H groups in total. The van der Waals surface area contributed by atoms with Crippen molar-refractivity contribution in [2.45, 2.75) is 5.51 Å². The van der Waals surface area contributed by atoms with Gasteiger partial charge < -0.3 is 9.50 Å². The van der Waals surface area contributed by atoms with Crippen LogP contribution in [0.5, 0.6) is 5.75 Å². The Morgan fingerprint density at radius 3 is 2.55 bits per heavy atom. The molecule has 2 rings (SSSR count). The summed E-state index contributed by atoms with van der Waals surface area (Å²) in [5.41, 5.74) is -5.87. The van der Waals surface area contributed by atoms with Gasteiger partial charge in [0.25, 0.3) is 0 Å². The molecule has 2 aromatic rings. The summed E-state index contributed by atoms with van der Waals surface area (Å²) >= 11 is 0.818. The number of fused-ring (bicyclic) bond motifs is 1. The third-order valence-corrected chi connectivity index (χ3v) is 4.20. The van der Waals surface area contributed by atoms with Crippen LogP contribution >= 0.6 is 11.3 Å². The molecule has 0 aliphatic heterocycles.